The molecule has 6 rings (SSSR count). The van der Waals surface area contributed by atoms with Crippen LogP contribution in [0.5, 0.6) is 0 Å². The Morgan fingerprint density at radius 1 is 0.810 bits per heavy atom. The van der Waals surface area contributed by atoms with Crippen LogP contribution in [0, 0.1) is 11.7 Å². The van der Waals surface area contributed by atoms with Crippen LogP contribution in [0.15, 0.2) is 66.7 Å². The van der Waals surface area contributed by atoms with E-state index in [1.165, 1.54) is 31.4 Å². The van der Waals surface area contributed by atoms with Crippen molar-refractivity contribution >= 4 is 17.5 Å². The maximum absolute atomic E-state index is 13.6. The van der Waals surface area contributed by atoms with E-state index in [9.17, 15) is 9.18 Å². The minimum absolute atomic E-state index is 0.0479. The number of nitrogens with one attached hydrogen (secondary N) is 1. The second-order valence-corrected chi connectivity index (χ2v) is 11.9. The number of hydrogen-bond acceptors (Lipinski definition) is 6. The highest BCUT2D eigenvalue weighted by molar-refractivity contribution is 5.94. The van der Waals surface area contributed by atoms with Gasteiger partial charge in [-0.3, -0.25) is 9.69 Å². The first-order chi connectivity index (χ1) is 20.6. The lowest BCUT2D eigenvalue weighted by molar-refractivity contribution is 0.0919. The maximum Gasteiger partial charge on any atom is 0.251 e. The van der Waals surface area contributed by atoms with Gasteiger partial charge < -0.3 is 19.9 Å². The molecule has 222 valence electrons. The molecule has 0 radical (unpaired) electrons. The third kappa shape index (κ3) is 7.28. The monoisotopic (exact) mass is 571 g/mol. The lowest BCUT2D eigenvalue weighted by atomic mass is 9.84. The highest BCUT2D eigenvalue weighted by Gasteiger charge is 2.25. The van der Waals surface area contributed by atoms with E-state index in [4.69, 9.17) is 9.72 Å². The molecular weight excluding hydrogens is 529 g/mol. The summed E-state index contributed by atoms with van der Waals surface area (Å²) < 4.78 is 19.2. The second kappa shape index (κ2) is 13.7. The van der Waals surface area contributed by atoms with Gasteiger partial charge >= 0.3 is 0 Å². The average Bonchev–Trinajstić information content (AvgIpc) is 3.05. The second-order valence-electron chi connectivity index (χ2n) is 11.9. The molecule has 2 aromatic carbocycles. The van der Waals surface area contributed by atoms with Crippen LogP contribution < -0.4 is 15.1 Å². The first kappa shape index (κ1) is 28.6. The molecule has 1 saturated carbocycles. The maximum atomic E-state index is 13.6. The summed E-state index contributed by atoms with van der Waals surface area (Å²) in [4.78, 5) is 24.9. The smallest absolute Gasteiger partial charge is 0.251 e. The van der Waals surface area contributed by atoms with E-state index in [0.717, 1.165) is 92.9 Å². The lowest BCUT2D eigenvalue weighted by Crippen LogP contribution is -2.47. The van der Waals surface area contributed by atoms with Crippen LogP contribution in [0.3, 0.4) is 0 Å². The Morgan fingerprint density at radius 3 is 2.12 bits per heavy atom. The number of aromatic nitrogens is 1. The Balaban J connectivity index is 1.00. The van der Waals surface area contributed by atoms with Crippen LogP contribution in [0.25, 0.3) is 11.1 Å². The number of halogens is 1. The molecule has 0 unspecified atom stereocenters. The zero-order chi connectivity index (χ0) is 28.7. The number of amides is 1. The number of benzene rings is 2. The van der Waals surface area contributed by atoms with Gasteiger partial charge in [0.25, 0.3) is 5.91 Å². The fourth-order valence-corrected chi connectivity index (χ4v) is 6.45. The topological polar surface area (TPSA) is 60.9 Å². The van der Waals surface area contributed by atoms with Crippen molar-refractivity contribution in [2.45, 2.75) is 38.1 Å². The van der Waals surface area contributed by atoms with E-state index in [2.05, 4.69) is 32.1 Å². The molecule has 7 nitrogen and oxygen atoms in total. The van der Waals surface area contributed by atoms with Crippen molar-refractivity contribution in [3.63, 3.8) is 0 Å². The summed E-state index contributed by atoms with van der Waals surface area (Å²) in [5.41, 5.74) is 2.82. The van der Waals surface area contributed by atoms with Crippen LogP contribution >= 0.6 is 0 Å². The summed E-state index contributed by atoms with van der Waals surface area (Å²) in [5, 5.41) is 3.24. The van der Waals surface area contributed by atoms with Gasteiger partial charge in [0.15, 0.2) is 0 Å². The fraction of sp³-hybridized carbons (Fsp3) is 0.471. The van der Waals surface area contributed by atoms with Crippen LogP contribution in [-0.4, -0.2) is 80.9 Å². The Hall–Kier alpha value is -3.49. The number of nitrogens with zero attached hydrogens (tertiary/aromatic N) is 4. The van der Waals surface area contributed by atoms with Crippen LogP contribution in [0.2, 0.25) is 0 Å². The normalized spacial score (nSPS) is 21.7. The molecule has 3 fully saturated rings. The number of hydrogen-bond donors (Lipinski definition) is 1. The van der Waals surface area contributed by atoms with Gasteiger partial charge in [-0.2, -0.15) is 0 Å². The number of piperazine rings is 1. The molecule has 0 bridgehead atoms. The zero-order valence-electron chi connectivity index (χ0n) is 24.4. The van der Waals surface area contributed by atoms with E-state index < -0.39 is 0 Å². The minimum atomic E-state index is -0.222. The summed E-state index contributed by atoms with van der Waals surface area (Å²) in [5.74, 6) is 2.52. The van der Waals surface area contributed by atoms with E-state index in [1.54, 1.807) is 0 Å². The predicted molar refractivity (Wildman–Crippen MR) is 166 cm³/mol. The van der Waals surface area contributed by atoms with E-state index >= 15 is 0 Å². The van der Waals surface area contributed by atoms with Crippen molar-refractivity contribution in [1.82, 2.24) is 15.2 Å². The number of carbonyl (C=O) groups is 1. The Labute approximate surface area is 248 Å². The largest absolute Gasteiger partial charge is 0.378 e. The van der Waals surface area contributed by atoms with E-state index in [-0.39, 0.29) is 17.8 Å². The molecule has 1 amide bonds. The van der Waals surface area contributed by atoms with Gasteiger partial charge in [-0.25, -0.2) is 9.37 Å². The number of pyridine rings is 1. The summed E-state index contributed by atoms with van der Waals surface area (Å²) >= 11 is 0. The number of rotatable bonds is 8. The van der Waals surface area contributed by atoms with Crippen molar-refractivity contribution < 1.29 is 13.9 Å². The zero-order valence-corrected chi connectivity index (χ0v) is 24.4. The summed E-state index contributed by atoms with van der Waals surface area (Å²) in [7, 11) is 0. The van der Waals surface area contributed by atoms with Crippen molar-refractivity contribution in [3.8, 4) is 11.1 Å². The number of carbonyl (C=O) groups excluding carboxylic acids is 1. The lowest BCUT2D eigenvalue weighted by Gasteiger charge is -2.37. The molecule has 3 heterocycles. The highest BCUT2D eigenvalue weighted by atomic mass is 19.1. The standard InChI is InChI=1S/C34H42FN5O2/c35-30-10-8-27(9-11-30)29-24-32(37-33(25-29)40-20-22-42-23-21-40)39-18-16-38(17-19-39)15-14-26-6-12-31(13-7-26)36-34(41)28-4-2-1-3-5-28/h1-5,8-11,24-26,31H,6-7,12-23H2,(H,36,41). The van der Waals surface area contributed by atoms with Crippen LogP contribution in [0.1, 0.15) is 42.5 Å². The van der Waals surface area contributed by atoms with Crippen molar-refractivity contribution in [3.05, 3.63) is 78.1 Å². The quantitative estimate of drug-likeness (QED) is 0.400. The number of morpholine rings is 1. The summed E-state index contributed by atoms with van der Waals surface area (Å²) in [6.45, 7) is 8.14. The molecule has 1 N–H and O–H groups in total. The molecule has 0 atom stereocenters. The molecular formula is C34H42FN5O2. The minimum Gasteiger partial charge on any atom is -0.378 e. The van der Waals surface area contributed by atoms with Crippen molar-refractivity contribution in [2.75, 3.05) is 68.8 Å². The molecule has 8 heteroatoms. The molecule has 2 saturated heterocycles. The molecule has 2 aliphatic heterocycles. The van der Waals surface area contributed by atoms with Crippen LogP contribution in [-0.2, 0) is 4.74 Å². The summed E-state index contributed by atoms with van der Waals surface area (Å²) in [6, 6.07) is 20.8. The predicted octanol–water partition coefficient (Wildman–Crippen LogP) is 5.23. The third-order valence-corrected chi connectivity index (χ3v) is 9.08. The molecule has 42 heavy (non-hydrogen) atoms. The Bertz CT molecular complexity index is 1300. The van der Waals surface area contributed by atoms with Crippen molar-refractivity contribution in [1.29, 1.82) is 0 Å². The van der Waals surface area contributed by atoms with E-state index in [0.29, 0.717) is 13.2 Å². The first-order valence-electron chi connectivity index (χ1n) is 15.5. The Morgan fingerprint density at radius 2 is 1.45 bits per heavy atom. The number of ether oxygens (including phenoxy) is 1. The van der Waals surface area contributed by atoms with Crippen LogP contribution in [0.4, 0.5) is 16.0 Å². The van der Waals surface area contributed by atoms with Gasteiger partial charge in [0.2, 0.25) is 0 Å². The fourth-order valence-electron chi connectivity index (χ4n) is 6.45. The van der Waals surface area contributed by atoms with Gasteiger partial charge in [-0.05, 0) is 92.1 Å². The highest BCUT2D eigenvalue weighted by Crippen LogP contribution is 2.30. The van der Waals surface area contributed by atoms with Gasteiger partial charge in [-0.15, -0.1) is 0 Å². The first-order valence-corrected chi connectivity index (χ1v) is 15.5. The summed E-state index contributed by atoms with van der Waals surface area (Å²) in [6.07, 6.45) is 5.73. The van der Waals surface area contributed by atoms with Gasteiger partial charge in [-0.1, -0.05) is 30.3 Å². The Kier molecular flexibility index (Phi) is 9.31. The van der Waals surface area contributed by atoms with Gasteiger partial charge in [0.05, 0.1) is 13.2 Å². The SMILES string of the molecule is O=C(NC1CCC(CCN2CCN(c3cc(-c4ccc(F)cc4)cc(N4CCOCC4)n3)CC2)CC1)c1ccccc1. The molecule has 3 aliphatic rings. The van der Waals surface area contributed by atoms with Crippen molar-refractivity contribution in [2.24, 2.45) is 5.92 Å². The van der Waals surface area contributed by atoms with E-state index in [1.807, 2.05) is 42.5 Å². The molecule has 0 spiro atoms. The van der Waals surface area contributed by atoms with Gasteiger partial charge in [0, 0.05) is 50.9 Å². The number of anilines is 2. The molecule has 1 aliphatic carbocycles. The molecule has 3 aromatic rings. The molecule has 1 aromatic heterocycles. The average molecular weight is 572 g/mol. The van der Waals surface area contributed by atoms with Gasteiger partial charge in [0.1, 0.15) is 17.5 Å². The third-order valence-electron chi connectivity index (χ3n) is 9.08.